The van der Waals surface area contributed by atoms with Crippen molar-refractivity contribution in [1.82, 2.24) is 9.97 Å². The van der Waals surface area contributed by atoms with Gasteiger partial charge in [0.15, 0.2) is 0 Å². The molecule has 1 aromatic heterocycles. The van der Waals surface area contributed by atoms with Gasteiger partial charge in [-0.3, -0.25) is 0 Å². The maximum atomic E-state index is 4.55. The van der Waals surface area contributed by atoms with Crippen LogP contribution in [0.25, 0.3) is 0 Å². The monoisotopic (exact) mass is 264 g/mol. The van der Waals surface area contributed by atoms with E-state index in [1.54, 1.807) is 0 Å². The first kappa shape index (κ1) is 15.7. The maximum absolute atomic E-state index is 4.55. The highest BCUT2D eigenvalue weighted by Gasteiger charge is 2.12. The second kappa shape index (κ2) is 7.97. The molecule has 4 nitrogen and oxygen atoms in total. The molecule has 0 aromatic carbocycles. The van der Waals surface area contributed by atoms with E-state index >= 15 is 0 Å². The van der Waals surface area contributed by atoms with Gasteiger partial charge in [0, 0.05) is 18.2 Å². The number of hydrogen-bond donors (Lipinski definition) is 2. The lowest BCUT2D eigenvalue weighted by atomic mass is 10.1. The van der Waals surface area contributed by atoms with E-state index in [1.165, 1.54) is 12.8 Å². The van der Waals surface area contributed by atoms with Gasteiger partial charge in [0.2, 0.25) is 0 Å². The lowest BCUT2D eigenvalue weighted by Crippen LogP contribution is -2.20. The predicted octanol–water partition coefficient (Wildman–Crippen LogP) is 3.91. The van der Waals surface area contributed by atoms with Crippen LogP contribution in [0, 0.1) is 13.8 Å². The fourth-order valence-corrected chi connectivity index (χ4v) is 2.10. The minimum absolute atomic E-state index is 0.497. The molecule has 0 aliphatic carbocycles. The van der Waals surface area contributed by atoms with Gasteiger partial charge in [0.05, 0.1) is 0 Å². The van der Waals surface area contributed by atoms with Crippen LogP contribution in [-0.4, -0.2) is 22.6 Å². The van der Waals surface area contributed by atoms with Crippen LogP contribution in [0.15, 0.2) is 0 Å². The summed E-state index contributed by atoms with van der Waals surface area (Å²) in [5.41, 5.74) is 1.12. The van der Waals surface area contributed by atoms with Crippen LogP contribution in [0.3, 0.4) is 0 Å². The molecule has 108 valence electrons. The molecule has 0 saturated heterocycles. The van der Waals surface area contributed by atoms with Crippen molar-refractivity contribution in [3.05, 3.63) is 11.4 Å². The average Bonchev–Trinajstić information content (AvgIpc) is 2.40. The molecule has 1 unspecified atom stereocenters. The molecule has 0 aliphatic heterocycles. The predicted molar refractivity (Wildman–Crippen MR) is 82.9 cm³/mol. The van der Waals surface area contributed by atoms with E-state index in [9.17, 15) is 0 Å². The van der Waals surface area contributed by atoms with Crippen molar-refractivity contribution in [2.75, 3.05) is 17.2 Å². The summed E-state index contributed by atoms with van der Waals surface area (Å²) in [5.74, 6) is 2.76. The Hall–Kier alpha value is -1.32. The molecule has 4 heteroatoms. The SMILES string of the molecule is CCCNc1nc(C)nc(NC(CC)CCC)c1C. The van der Waals surface area contributed by atoms with Crippen molar-refractivity contribution in [2.45, 2.75) is 66.3 Å². The van der Waals surface area contributed by atoms with Gasteiger partial charge >= 0.3 is 0 Å². The highest BCUT2D eigenvalue weighted by molar-refractivity contribution is 5.57. The van der Waals surface area contributed by atoms with Gasteiger partial charge in [-0.25, -0.2) is 9.97 Å². The Morgan fingerprint density at radius 2 is 1.68 bits per heavy atom. The van der Waals surface area contributed by atoms with Crippen molar-refractivity contribution < 1.29 is 0 Å². The molecule has 19 heavy (non-hydrogen) atoms. The zero-order chi connectivity index (χ0) is 14.3. The van der Waals surface area contributed by atoms with E-state index in [1.807, 2.05) is 6.92 Å². The summed E-state index contributed by atoms with van der Waals surface area (Å²) in [6, 6.07) is 0.497. The largest absolute Gasteiger partial charge is 0.370 e. The highest BCUT2D eigenvalue weighted by Crippen LogP contribution is 2.21. The molecule has 0 bridgehead atoms. The third-order valence-corrected chi connectivity index (χ3v) is 3.27. The first-order valence-electron chi connectivity index (χ1n) is 7.47. The minimum atomic E-state index is 0.497. The van der Waals surface area contributed by atoms with Gasteiger partial charge < -0.3 is 10.6 Å². The van der Waals surface area contributed by atoms with Crippen LogP contribution < -0.4 is 10.6 Å². The number of nitrogens with zero attached hydrogens (tertiary/aromatic N) is 2. The smallest absolute Gasteiger partial charge is 0.134 e. The van der Waals surface area contributed by atoms with Gasteiger partial charge in [-0.05, 0) is 33.1 Å². The summed E-state index contributed by atoms with van der Waals surface area (Å²) in [4.78, 5) is 9.04. The molecule has 0 aliphatic rings. The van der Waals surface area contributed by atoms with Gasteiger partial charge in [-0.2, -0.15) is 0 Å². The lowest BCUT2D eigenvalue weighted by Gasteiger charge is -2.20. The topological polar surface area (TPSA) is 49.8 Å². The number of nitrogens with one attached hydrogen (secondary N) is 2. The van der Waals surface area contributed by atoms with Gasteiger partial charge in [-0.1, -0.05) is 27.2 Å². The molecule has 1 aromatic rings. The fourth-order valence-electron chi connectivity index (χ4n) is 2.10. The summed E-state index contributed by atoms with van der Waals surface area (Å²) >= 11 is 0. The Morgan fingerprint density at radius 1 is 1.00 bits per heavy atom. The van der Waals surface area contributed by atoms with E-state index in [0.717, 1.165) is 42.4 Å². The summed E-state index contributed by atoms with van der Waals surface area (Å²) in [6.45, 7) is 11.6. The van der Waals surface area contributed by atoms with Crippen molar-refractivity contribution in [3.8, 4) is 0 Å². The van der Waals surface area contributed by atoms with Crippen molar-refractivity contribution >= 4 is 11.6 Å². The second-order valence-corrected chi connectivity index (χ2v) is 5.06. The van der Waals surface area contributed by atoms with Crippen LogP contribution in [0.2, 0.25) is 0 Å². The summed E-state index contributed by atoms with van der Waals surface area (Å²) < 4.78 is 0. The molecular weight excluding hydrogens is 236 g/mol. The second-order valence-electron chi connectivity index (χ2n) is 5.06. The lowest BCUT2D eigenvalue weighted by molar-refractivity contribution is 0.619. The first-order valence-corrected chi connectivity index (χ1v) is 7.47. The number of aryl methyl sites for hydroxylation is 1. The van der Waals surface area contributed by atoms with Crippen LogP contribution in [0.1, 0.15) is 57.8 Å². The van der Waals surface area contributed by atoms with Gasteiger partial charge in [0.25, 0.3) is 0 Å². The van der Waals surface area contributed by atoms with Crippen molar-refractivity contribution in [2.24, 2.45) is 0 Å². The van der Waals surface area contributed by atoms with E-state index in [0.29, 0.717) is 6.04 Å². The third kappa shape index (κ3) is 4.69. The number of hydrogen-bond acceptors (Lipinski definition) is 4. The first-order chi connectivity index (χ1) is 9.12. The molecule has 1 heterocycles. The summed E-state index contributed by atoms with van der Waals surface area (Å²) in [5, 5.41) is 6.94. The molecule has 0 fully saturated rings. The Kier molecular flexibility index (Phi) is 6.60. The Bertz CT molecular complexity index is 390. The quantitative estimate of drug-likeness (QED) is 0.747. The molecule has 0 amide bonds. The van der Waals surface area contributed by atoms with E-state index in [-0.39, 0.29) is 0 Å². The molecule has 0 saturated carbocycles. The molecule has 1 rings (SSSR count). The number of rotatable bonds is 8. The highest BCUT2D eigenvalue weighted by atomic mass is 15.1. The zero-order valence-electron chi connectivity index (χ0n) is 13.0. The number of anilines is 2. The normalized spacial score (nSPS) is 12.3. The van der Waals surface area contributed by atoms with Gasteiger partial charge in [0.1, 0.15) is 17.5 Å². The van der Waals surface area contributed by atoms with Crippen molar-refractivity contribution in [3.63, 3.8) is 0 Å². The Labute approximate surface area is 117 Å². The van der Waals surface area contributed by atoms with Crippen LogP contribution >= 0.6 is 0 Å². The summed E-state index contributed by atoms with van der Waals surface area (Å²) in [7, 11) is 0. The standard InChI is InChI=1S/C15H28N4/c1-6-9-13(8-3)19-15-11(4)14(16-10-7-2)17-12(5)18-15/h13H,6-10H2,1-5H3,(H2,16,17,18,19). The van der Waals surface area contributed by atoms with Crippen molar-refractivity contribution in [1.29, 1.82) is 0 Å². The maximum Gasteiger partial charge on any atom is 0.134 e. The van der Waals surface area contributed by atoms with E-state index in [4.69, 9.17) is 0 Å². The van der Waals surface area contributed by atoms with E-state index < -0.39 is 0 Å². The fraction of sp³-hybridized carbons (Fsp3) is 0.733. The molecular formula is C15H28N4. The average molecular weight is 264 g/mol. The molecule has 1 atom stereocenters. The minimum Gasteiger partial charge on any atom is -0.370 e. The van der Waals surface area contributed by atoms with Crippen LogP contribution in [0.5, 0.6) is 0 Å². The van der Waals surface area contributed by atoms with Crippen LogP contribution in [0.4, 0.5) is 11.6 Å². The number of aromatic nitrogens is 2. The van der Waals surface area contributed by atoms with Crippen LogP contribution in [-0.2, 0) is 0 Å². The molecule has 2 N–H and O–H groups in total. The Balaban J connectivity index is 2.90. The Morgan fingerprint density at radius 3 is 2.26 bits per heavy atom. The zero-order valence-corrected chi connectivity index (χ0v) is 13.0. The van der Waals surface area contributed by atoms with E-state index in [2.05, 4.69) is 48.3 Å². The van der Waals surface area contributed by atoms with Gasteiger partial charge in [-0.15, -0.1) is 0 Å². The third-order valence-electron chi connectivity index (χ3n) is 3.27. The molecule has 0 spiro atoms. The molecule has 0 radical (unpaired) electrons. The summed E-state index contributed by atoms with van der Waals surface area (Å²) in [6.07, 6.45) is 4.58.